The van der Waals surface area contributed by atoms with Gasteiger partial charge in [-0.05, 0) is 54.8 Å². The van der Waals surface area contributed by atoms with Gasteiger partial charge >= 0.3 is 0 Å². The third-order valence-electron chi connectivity index (χ3n) is 5.20. The number of piperidine rings is 1. The summed E-state index contributed by atoms with van der Waals surface area (Å²) in [4.78, 5) is 7.09. The van der Waals surface area contributed by atoms with Crippen molar-refractivity contribution in [1.29, 1.82) is 0 Å². The summed E-state index contributed by atoms with van der Waals surface area (Å²) in [5.74, 6) is -0.436. The molecule has 2 heterocycles. The Hall–Kier alpha value is -1.67. The predicted molar refractivity (Wildman–Crippen MR) is 120 cm³/mol. The molecule has 0 unspecified atom stereocenters. The molecular formula is C21H19Cl2FN2O2S2. The number of nitrogens with zero attached hydrogens (tertiary/aromatic N) is 2. The zero-order valence-corrected chi connectivity index (χ0v) is 19.0. The molecule has 0 radical (unpaired) electrons. The molecule has 0 N–H and O–H groups in total. The van der Waals surface area contributed by atoms with E-state index in [2.05, 4.69) is 9.88 Å². The summed E-state index contributed by atoms with van der Waals surface area (Å²) >= 11 is 13.1. The average Bonchev–Trinajstić information content (AvgIpc) is 3.20. The van der Waals surface area contributed by atoms with Gasteiger partial charge in [0.1, 0.15) is 5.82 Å². The van der Waals surface area contributed by atoms with Crippen molar-refractivity contribution < 1.29 is 12.8 Å². The first-order valence-corrected chi connectivity index (χ1v) is 12.6. The average molecular weight is 485 g/mol. The molecule has 2 aromatic carbocycles. The third kappa shape index (κ3) is 4.64. The lowest BCUT2D eigenvalue weighted by Crippen LogP contribution is -2.39. The molecule has 9 heteroatoms. The zero-order chi connectivity index (χ0) is 21.3. The second-order valence-corrected chi connectivity index (χ2v) is 11.1. The zero-order valence-electron chi connectivity index (χ0n) is 15.9. The molecule has 1 aliphatic rings. The highest BCUT2D eigenvalue weighted by molar-refractivity contribution is 7.92. The van der Waals surface area contributed by atoms with Crippen LogP contribution < -0.4 is 4.90 Å². The summed E-state index contributed by atoms with van der Waals surface area (Å²) in [6.07, 6.45) is 1.61. The van der Waals surface area contributed by atoms with Crippen molar-refractivity contribution in [1.82, 2.24) is 4.98 Å². The number of anilines is 1. The van der Waals surface area contributed by atoms with Gasteiger partial charge in [0.25, 0.3) is 0 Å². The lowest BCUT2D eigenvalue weighted by molar-refractivity contribution is 0.529. The number of thiazole rings is 1. The van der Waals surface area contributed by atoms with Crippen molar-refractivity contribution in [3.8, 4) is 0 Å². The monoisotopic (exact) mass is 484 g/mol. The lowest BCUT2D eigenvalue weighted by Gasteiger charge is -2.31. The highest BCUT2D eigenvalue weighted by atomic mass is 35.5. The molecule has 1 saturated heterocycles. The van der Waals surface area contributed by atoms with E-state index < -0.39 is 20.9 Å². The molecule has 1 fully saturated rings. The van der Waals surface area contributed by atoms with Crippen LogP contribution >= 0.6 is 34.5 Å². The van der Waals surface area contributed by atoms with Gasteiger partial charge in [0, 0.05) is 29.9 Å². The molecule has 4 nitrogen and oxygen atoms in total. The fourth-order valence-corrected chi connectivity index (χ4v) is 6.41. The van der Waals surface area contributed by atoms with E-state index in [0.717, 1.165) is 16.4 Å². The number of benzene rings is 2. The standard InChI is InChI=1S/C21H19Cl2FN2O2S2/c22-15-2-4-17(5-3-15)30(27,28)18-7-9-26(10-8-18)21-25-16(13-29-21)11-14-1-6-19(23)20(24)12-14/h1-6,12-13,18H,7-11H2. The van der Waals surface area contributed by atoms with E-state index in [4.69, 9.17) is 23.2 Å². The Balaban J connectivity index is 1.40. The molecule has 4 rings (SSSR count). The molecule has 0 saturated carbocycles. The quantitative estimate of drug-likeness (QED) is 0.471. The van der Waals surface area contributed by atoms with E-state index in [-0.39, 0.29) is 5.02 Å². The Morgan fingerprint density at radius 2 is 1.80 bits per heavy atom. The molecule has 3 aromatic rings. The number of aromatic nitrogens is 1. The van der Waals surface area contributed by atoms with Crippen molar-refractivity contribution in [3.63, 3.8) is 0 Å². The minimum absolute atomic E-state index is 0.106. The summed E-state index contributed by atoms with van der Waals surface area (Å²) in [6, 6.07) is 11.1. The maximum Gasteiger partial charge on any atom is 0.185 e. The van der Waals surface area contributed by atoms with Gasteiger partial charge in [-0.25, -0.2) is 17.8 Å². The smallest absolute Gasteiger partial charge is 0.185 e. The van der Waals surface area contributed by atoms with Crippen molar-refractivity contribution in [2.45, 2.75) is 29.4 Å². The molecular weight excluding hydrogens is 466 g/mol. The Morgan fingerprint density at radius 3 is 2.47 bits per heavy atom. The van der Waals surface area contributed by atoms with Crippen molar-refractivity contribution in [2.24, 2.45) is 0 Å². The number of sulfone groups is 1. The number of rotatable bonds is 5. The van der Waals surface area contributed by atoms with Crippen molar-refractivity contribution in [2.75, 3.05) is 18.0 Å². The highest BCUT2D eigenvalue weighted by Gasteiger charge is 2.32. The molecule has 30 heavy (non-hydrogen) atoms. The van der Waals surface area contributed by atoms with Gasteiger partial charge in [0.2, 0.25) is 0 Å². The van der Waals surface area contributed by atoms with Gasteiger partial charge in [-0.1, -0.05) is 29.3 Å². The number of hydrogen-bond acceptors (Lipinski definition) is 5. The first kappa shape index (κ1) is 21.6. The maximum absolute atomic E-state index is 13.6. The molecule has 1 aromatic heterocycles. The molecule has 1 aliphatic heterocycles. The van der Waals surface area contributed by atoms with Gasteiger partial charge in [0.05, 0.1) is 20.9 Å². The summed E-state index contributed by atoms with van der Waals surface area (Å²) in [5.41, 5.74) is 1.66. The van der Waals surface area contributed by atoms with Crippen LogP contribution in [0.2, 0.25) is 10.0 Å². The lowest BCUT2D eigenvalue weighted by atomic mass is 10.1. The Kier molecular flexibility index (Phi) is 6.34. The molecule has 0 atom stereocenters. The first-order chi connectivity index (χ1) is 14.3. The van der Waals surface area contributed by atoms with Gasteiger partial charge < -0.3 is 4.90 Å². The van der Waals surface area contributed by atoms with Crippen LogP contribution in [0.3, 0.4) is 0 Å². The van der Waals surface area contributed by atoms with Crippen molar-refractivity contribution in [3.05, 3.63) is 75.0 Å². The van der Waals surface area contributed by atoms with Crippen LogP contribution in [0, 0.1) is 5.82 Å². The van der Waals surface area contributed by atoms with Crippen LogP contribution in [0.15, 0.2) is 52.7 Å². The van der Waals surface area contributed by atoms with Gasteiger partial charge in [-0.3, -0.25) is 0 Å². The largest absolute Gasteiger partial charge is 0.348 e. The van der Waals surface area contributed by atoms with Crippen LogP contribution in [0.25, 0.3) is 0 Å². The van der Waals surface area contributed by atoms with E-state index in [1.165, 1.54) is 17.4 Å². The topological polar surface area (TPSA) is 50.3 Å². The predicted octanol–water partition coefficient (Wildman–Crippen LogP) is 5.62. The normalized spacial score (nSPS) is 15.5. The number of halogens is 3. The summed E-state index contributed by atoms with van der Waals surface area (Å²) in [7, 11) is -3.38. The molecule has 0 amide bonds. The molecule has 0 aliphatic carbocycles. The third-order valence-corrected chi connectivity index (χ3v) is 8.99. The van der Waals surface area contributed by atoms with Crippen LogP contribution in [0.4, 0.5) is 9.52 Å². The van der Waals surface area contributed by atoms with Crippen LogP contribution in [0.5, 0.6) is 0 Å². The number of hydrogen-bond donors (Lipinski definition) is 0. The van der Waals surface area contributed by atoms with E-state index in [0.29, 0.717) is 42.3 Å². The van der Waals surface area contributed by atoms with E-state index in [1.807, 2.05) is 5.38 Å². The Bertz CT molecular complexity index is 1140. The fourth-order valence-electron chi connectivity index (χ4n) is 3.56. The highest BCUT2D eigenvalue weighted by Crippen LogP contribution is 2.30. The van der Waals surface area contributed by atoms with Crippen LogP contribution in [-0.4, -0.2) is 31.7 Å². The van der Waals surface area contributed by atoms with Gasteiger partial charge in [0.15, 0.2) is 15.0 Å². The van der Waals surface area contributed by atoms with Crippen molar-refractivity contribution >= 4 is 49.5 Å². The SMILES string of the molecule is O=S(=O)(c1ccc(Cl)cc1)C1CCN(c2nc(Cc3ccc(Cl)c(F)c3)cs2)CC1. The van der Waals surface area contributed by atoms with E-state index in [1.54, 1.807) is 36.4 Å². The summed E-state index contributed by atoms with van der Waals surface area (Å²) in [5, 5.41) is 3.03. The fraction of sp³-hybridized carbons (Fsp3) is 0.286. The molecule has 0 bridgehead atoms. The minimum atomic E-state index is -3.38. The minimum Gasteiger partial charge on any atom is -0.348 e. The van der Waals surface area contributed by atoms with Crippen LogP contribution in [0.1, 0.15) is 24.1 Å². The second-order valence-electron chi connectivity index (χ2n) is 7.23. The first-order valence-electron chi connectivity index (χ1n) is 9.45. The van der Waals surface area contributed by atoms with E-state index >= 15 is 0 Å². The molecule has 0 spiro atoms. The maximum atomic E-state index is 13.6. The summed E-state index contributed by atoms with van der Waals surface area (Å²) < 4.78 is 39.4. The van der Waals surface area contributed by atoms with Gasteiger partial charge in [-0.15, -0.1) is 11.3 Å². The Labute approximate surface area is 189 Å². The van der Waals surface area contributed by atoms with Gasteiger partial charge in [-0.2, -0.15) is 0 Å². The molecule has 158 valence electrons. The van der Waals surface area contributed by atoms with Crippen LogP contribution in [-0.2, 0) is 16.3 Å². The summed E-state index contributed by atoms with van der Waals surface area (Å²) in [6.45, 7) is 1.25. The second kappa shape index (κ2) is 8.83. The Morgan fingerprint density at radius 1 is 1.10 bits per heavy atom. The van der Waals surface area contributed by atoms with E-state index in [9.17, 15) is 12.8 Å².